The molecular formula is C19H15F3N2OS. The number of fused-ring (bicyclic) bond motifs is 1. The largest absolute Gasteiger partial charge is 0.407 e. The van der Waals surface area contributed by atoms with E-state index in [4.69, 9.17) is 6.57 Å². The lowest BCUT2D eigenvalue weighted by Crippen LogP contribution is -2.16. The van der Waals surface area contributed by atoms with Crippen LogP contribution in [0, 0.1) is 6.57 Å². The Morgan fingerprint density at radius 3 is 2.31 bits per heavy atom. The predicted molar refractivity (Wildman–Crippen MR) is 95.4 cm³/mol. The average molecular weight is 376 g/mol. The number of aliphatic hydroxyl groups is 1. The maximum absolute atomic E-state index is 13.2. The van der Waals surface area contributed by atoms with E-state index < -0.39 is 23.0 Å². The van der Waals surface area contributed by atoms with E-state index in [1.165, 1.54) is 17.8 Å². The fraction of sp³-hybridized carbons (Fsp3) is 0.211. The standard InChI is InChI=1S/C19H15F3N2OS/c1-18(2,25)17-16(26-11-7-5-4-6-8-11)12-9-15(23-3)13(19(20,21)22)10-14(12)24-17/h4-10,24-25H,1-2H3. The quantitative estimate of drug-likeness (QED) is 0.541. The van der Waals surface area contributed by atoms with Crippen LogP contribution in [0.5, 0.6) is 0 Å². The number of benzene rings is 2. The highest BCUT2D eigenvalue weighted by molar-refractivity contribution is 7.99. The monoisotopic (exact) mass is 376 g/mol. The number of aromatic amines is 1. The van der Waals surface area contributed by atoms with Crippen LogP contribution in [0.4, 0.5) is 18.9 Å². The van der Waals surface area contributed by atoms with Gasteiger partial charge in [-0.3, -0.25) is 0 Å². The summed E-state index contributed by atoms with van der Waals surface area (Å²) in [7, 11) is 0. The number of halogens is 3. The molecule has 7 heteroatoms. The predicted octanol–water partition coefficient (Wildman–Crippen LogP) is 6.12. The van der Waals surface area contributed by atoms with E-state index >= 15 is 0 Å². The van der Waals surface area contributed by atoms with Gasteiger partial charge in [0.15, 0.2) is 5.69 Å². The fourth-order valence-corrected chi connectivity index (χ4v) is 3.88. The third kappa shape index (κ3) is 3.43. The zero-order valence-electron chi connectivity index (χ0n) is 14.0. The van der Waals surface area contributed by atoms with Gasteiger partial charge in [-0.25, -0.2) is 4.85 Å². The molecule has 134 valence electrons. The second kappa shape index (κ2) is 6.38. The van der Waals surface area contributed by atoms with E-state index in [2.05, 4.69) is 9.83 Å². The van der Waals surface area contributed by atoms with Crippen molar-refractivity contribution in [2.75, 3.05) is 0 Å². The van der Waals surface area contributed by atoms with Gasteiger partial charge < -0.3 is 10.1 Å². The lowest BCUT2D eigenvalue weighted by Gasteiger charge is -2.18. The minimum absolute atomic E-state index is 0.236. The minimum atomic E-state index is -4.62. The van der Waals surface area contributed by atoms with Gasteiger partial charge in [0.2, 0.25) is 0 Å². The van der Waals surface area contributed by atoms with E-state index in [1.54, 1.807) is 13.8 Å². The van der Waals surface area contributed by atoms with Crippen LogP contribution in [-0.4, -0.2) is 10.1 Å². The molecule has 0 unspecified atom stereocenters. The third-order valence-corrected chi connectivity index (χ3v) is 5.00. The second-order valence-electron chi connectivity index (χ2n) is 6.33. The van der Waals surface area contributed by atoms with Gasteiger partial charge in [-0.1, -0.05) is 30.0 Å². The summed E-state index contributed by atoms with van der Waals surface area (Å²) in [6, 6.07) is 11.5. The SMILES string of the molecule is [C-]#[N+]c1cc2c(Sc3ccccc3)c(C(C)(C)O)[nH]c2cc1C(F)(F)F. The summed E-state index contributed by atoms with van der Waals surface area (Å²) < 4.78 is 39.7. The Morgan fingerprint density at radius 2 is 1.77 bits per heavy atom. The molecule has 0 bridgehead atoms. The Kier molecular flexibility index (Phi) is 4.51. The van der Waals surface area contributed by atoms with Gasteiger partial charge in [0.1, 0.15) is 0 Å². The summed E-state index contributed by atoms with van der Waals surface area (Å²) in [5, 5.41) is 11.0. The molecule has 0 radical (unpaired) electrons. The number of aromatic nitrogens is 1. The summed E-state index contributed by atoms with van der Waals surface area (Å²) in [6.07, 6.45) is -4.62. The number of rotatable bonds is 3. The van der Waals surface area contributed by atoms with Crippen molar-refractivity contribution in [3.05, 3.63) is 65.1 Å². The van der Waals surface area contributed by atoms with Gasteiger partial charge >= 0.3 is 6.18 Å². The molecule has 3 rings (SSSR count). The molecular weight excluding hydrogens is 361 g/mol. The third-order valence-electron chi connectivity index (χ3n) is 3.87. The van der Waals surface area contributed by atoms with Crippen molar-refractivity contribution in [2.45, 2.75) is 35.4 Å². The van der Waals surface area contributed by atoms with Crippen molar-refractivity contribution in [3.63, 3.8) is 0 Å². The molecule has 0 aliphatic heterocycles. The van der Waals surface area contributed by atoms with Gasteiger partial charge in [-0.15, -0.1) is 0 Å². The Bertz CT molecular complexity index is 996. The molecule has 1 heterocycles. The van der Waals surface area contributed by atoms with Gasteiger partial charge in [0.05, 0.1) is 23.4 Å². The Labute approximate surface area is 152 Å². The number of hydrogen-bond acceptors (Lipinski definition) is 2. The van der Waals surface area contributed by atoms with Crippen LogP contribution in [-0.2, 0) is 11.8 Å². The van der Waals surface area contributed by atoms with Crippen molar-refractivity contribution in [2.24, 2.45) is 0 Å². The summed E-state index contributed by atoms with van der Waals surface area (Å²) in [6.45, 7) is 10.2. The second-order valence-corrected chi connectivity index (χ2v) is 7.41. The van der Waals surface area contributed by atoms with Crippen LogP contribution in [0.2, 0.25) is 0 Å². The highest BCUT2D eigenvalue weighted by atomic mass is 32.2. The van der Waals surface area contributed by atoms with Crippen LogP contribution >= 0.6 is 11.8 Å². The molecule has 2 N–H and O–H groups in total. The van der Waals surface area contributed by atoms with Crippen molar-refractivity contribution < 1.29 is 18.3 Å². The highest BCUT2D eigenvalue weighted by Crippen LogP contribution is 2.45. The van der Waals surface area contributed by atoms with Gasteiger partial charge in [-0.2, -0.15) is 13.2 Å². The van der Waals surface area contributed by atoms with Crippen molar-refractivity contribution in [1.29, 1.82) is 0 Å². The molecule has 0 amide bonds. The van der Waals surface area contributed by atoms with Crippen molar-refractivity contribution in [1.82, 2.24) is 4.98 Å². The van der Waals surface area contributed by atoms with Gasteiger partial charge in [-0.05, 0) is 38.1 Å². The Morgan fingerprint density at radius 1 is 1.12 bits per heavy atom. The molecule has 2 aromatic carbocycles. The molecule has 0 spiro atoms. The lowest BCUT2D eigenvalue weighted by molar-refractivity contribution is -0.136. The molecule has 0 saturated carbocycles. The normalized spacial score (nSPS) is 12.3. The first-order valence-electron chi connectivity index (χ1n) is 7.71. The molecule has 1 aromatic heterocycles. The maximum atomic E-state index is 13.2. The first-order chi connectivity index (χ1) is 12.1. The highest BCUT2D eigenvalue weighted by Gasteiger charge is 2.35. The summed E-state index contributed by atoms with van der Waals surface area (Å²) in [5.74, 6) is 0. The number of H-pyrrole nitrogens is 1. The van der Waals surface area contributed by atoms with Crippen LogP contribution in [0.25, 0.3) is 15.7 Å². The Hall–Kier alpha value is -2.43. The van der Waals surface area contributed by atoms with Crippen LogP contribution in [0.1, 0.15) is 25.1 Å². The smallest absolute Gasteiger partial charge is 0.384 e. The molecule has 0 saturated heterocycles. The van der Waals surface area contributed by atoms with E-state index in [0.29, 0.717) is 16.0 Å². The fourth-order valence-electron chi connectivity index (χ4n) is 2.67. The summed E-state index contributed by atoms with van der Waals surface area (Å²) in [5.41, 5.74) is -2.08. The molecule has 0 aliphatic rings. The molecule has 3 aromatic rings. The maximum Gasteiger partial charge on any atom is 0.407 e. The molecule has 0 atom stereocenters. The average Bonchev–Trinajstić information content (AvgIpc) is 2.92. The number of nitrogens with zero attached hydrogens (tertiary/aromatic N) is 1. The van der Waals surface area contributed by atoms with E-state index in [1.807, 2.05) is 30.3 Å². The van der Waals surface area contributed by atoms with Crippen molar-refractivity contribution >= 4 is 28.4 Å². The Balaban J connectivity index is 2.29. The molecule has 26 heavy (non-hydrogen) atoms. The lowest BCUT2D eigenvalue weighted by atomic mass is 10.1. The molecule has 0 aliphatic carbocycles. The first-order valence-corrected chi connectivity index (χ1v) is 8.53. The van der Waals surface area contributed by atoms with Gasteiger partial charge in [0, 0.05) is 20.7 Å². The van der Waals surface area contributed by atoms with Crippen LogP contribution in [0.15, 0.2) is 52.3 Å². The van der Waals surface area contributed by atoms with E-state index in [9.17, 15) is 18.3 Å². The number of hydrogen-bond donors (Lipinski definition) is 2. The molecule has 3 nitrogen and oxygen atoms in total. The topological polar surface area (TPSA) is 40.4 Å². The van der Waals surface area contributed by atoms with Crippen LogP contribution < -0.4 is 0 Å². The zero-order chi connectivity index (χ0) is 19.1. The van der Waals surface area contributed by atoms with Crippen LogP contribution in [0.3, 0.4) is 0 Å². The van der Waals surface area contributed by atoms with Crippen molar-refractivity contribution in [3.8, 4) is 0 Å². The summed E-state index contributed by atoms with van der Waals surface area (Å²) in [4.78, 5) is 7.45. The number of nitrogens with one attached hydrogen (secondary N) is 1. The number of alkyl halides is 3. The minimum Gasteiger partial charge on any atom is -0.384 e. The van der Waals surface area contributed by atoms with E-state index in [-0.39, 0.29) is 5.52 Å². The summed E-state index contributed by atoms with van der Waals surface area (Å²) >= 11 is 1.33. The molecule has 0 fully saturated rings. The zero-order valence-corrected chi connectivity index (χ0v) is 14.8. The first kappa shape index (κ1) is 18.4. The van der Waals surface area contributed by atoms with E-state index in [0.717, 1.165) is 11.0 Å². The van der Waals surface area contributed by atoms with Gasteiger partial charge in [0.25, 0.3) is 0 Å².